The average Bonchev–Trinajstić information content (AvgIpc) is 2.77. The van der Waals surface area contributed by atoms with Crippen molar-refractivity contribution in [1.82, 2.24) is 0 Å². The number of fused-ring (bicyclic) bond motifs is 4. The fraction of sp³-hybridized carbons (Fsp3) is 0.462. The van der Waals surface area contributed by atoms with E-state index in [1.807, 2.05) is 24.3 Å². The maximum Gasteiger partial charge on any atom is 0.137 e. The monoisotopic (exact) mass is 404 g/mol. The normalized spacial score (nSPS) is 32.6. The third kappa shape index (κ3) is 2.33. The van der Waals surface area contributed by atoms with Gasteiger partial charge in [-0.25, -0.2) is 0 Å². The third-order valence-electron chi connectivity index (χ3n) is 8.08. The second-order valence-electron chi connectivity index (χ2n) is 8.99. The highest BCUT2D eigenvalue weighted by Crippen LogP contribution is 2.73. The molecular formula is C26H28O4. The van der Waals surface area contributed by atoms with Crippen molar-refractivity contribution in [2.45, 2.75) is 49.4 Å². The molecule has 0 bridgehead atoms. The second-order valence-corrected chi connectivity index (χ2v) is 8.99. The molecule has 4 atom stereocenters. The van der Waals surface area contributed by atoms with Gasteiger partial charge in [0.05, 0.1) is 14.2 Å². The van der Waals surface area contributed by atoms with Crippen LogP contribution >= 0.6 is 0 Å². The lowest BCUT2D eigenvalue weighted by atomic mass is 9.29. The standard InChI is InChI=1S/C26H28O4/c1-29-19-11-7-17(8-12-19)25-15-3-5-21(27)23(25)24-22(28)6-4-16-26(24,25)18-9-13-20(30-2)14-10-18/h7-14,23-24H,3-6,15-16H2,1-2H3/t23-,24+,25-,26+. The number of carbonyl (C=O) groups is 2. The smallest absolute Gasteiger partial charge is 0.137 e. The molecule has 2 aromatic carbocycles. The minimum Gasteiger partial charge on any atom is -0.497 e. The first-order chi connectivity index (χ1) is 14.6. The highest BCUT2D eigenvalue weighted by atomic mass is 16.5. The molecule has 0 aromatic heterocycles. The van der Waals surface area contributed by atoms with Crippen molar-refractivity contribution in [2.24, 2.45) is 11.8 Å². The molecule has 4 nitrogen and oxygen atoms in total. The molecule has 0 amide bonds. The van der Waals surface area contributed by atoms with Gasteiger partial charge in [-0.15, -0.1) is 0 Å². The fourth-order valence-corrected chi connectivity index (χ4v) is 7.04. The van der Waals surface area contributed by atoms with Crippen molar-refractivity contribution in [3.63, 3.8) is 0 Å². The molecule has 0 heterocycles. The average molecular weight is 405 g/mol. The molecule has 0 spiro atoms. The molecule has 156 valence electrons. The molecule has 0 saturated heterocycles. The van der Waals surface area contributed by atoms with E-state index in [4.69, 9.17) is 9.47 Å². The van der Waals surface area contributed by atoms with E-state index in [0.717, 1.165) is 37.2 Å². The zero-order valence-corrected chi connectivity index (χ0v) is 17.6. The van der Waals surface area contributed by atoms with Gasteiger partial charge in [0.25, 0.3) is 0 Å². The number of benzene rings is 2. The van der Waals surface area contributed by atoms with Crippen LogP contribution in [0.5, 0.6) is 11.5 Å². The number of hydrogen-bond acceptors (Lipinski definition) is 4. The van der Waals surface area contributed by atoms with Gasteiger partial charge in [-0.05, 0) is 61.1 Å². The number of ether oxygens (including phenoxy) is 2. The van der Waals surface area contributed by atoms with Gasteiger partial charge in [-0.2, -0.15) is 0 Å². The van der Waals surface area contributed by atoms with Gasteiger partial charge in [0.1, 0.15) is 23.1 Å². The van der Waals surface area contributed by atoms with Crippen molar-refractivity contribution in [3.05, 3.63) is 59.7 Å². The van der Waals surface area contributed by atoms with E-state index in [1.54, 1.807) is 14.2 Å². The summed E-state index contributed by atoms with van der Waals surface area (Å²) in [4.78, 5) is 26.5. The Hall–Kier alpha value is -2.62. The minimum atomic E-state index is -0.329. The predicted octanol–water partition coefficient (Wildman–Crippen LogP) is 4.63. The summed E-state index contributed by atoms with van der Waals surface area (Å²) in [5.41, 5.74) is 1.68. The van der Waals surface area contributed by atoms with Crippen LogP contribution in [0, 0.1) is 11.8 Å². The zero-order chi connectivity index (χ0) is 20.9. The van der Waals surface area contributed by atoms with E-state index in [9.17, 15) is 9.59 Å². The molecule has 0 unspecified atom stereocenters. The molecule has 30 heavy (non-hydrogen) atoms. The number of carbonyl (C=O) groups excluding carboxylic acids is 2. The number of ketones is 2. The third-order valence-corrected chi connectivity index (χ3v) is 8.08. The molecule has 4 heteroatoms. The van der Waals surface area contributed by atoms with Crippen LogP contribution in [0.2, 0.25) is 0 Å². The lowest BCUT2D eigenvalue weighted by molar-refractivity contribution is -0.175. The Morgan fingerprint density at radius 2 is 1.03 bits per heavy atom. The molecule has 3 saturated carbocycles. The first kappa shape index (κ1) is 19.3. The molecular weight excluding hydrogens is 376 g/mol. The highest BCUT2D eigenvalue weighted by molar-refractivity contribution is 5.97. The van der Waals surface area contributed by atoms with Gasteiger partial charge in [0, 0.05) is 35.5 Å². The van der Waals surface area contributed by atoms with Crippen LogP contribution in [0.25, 0.3) is 0 Å². The van der Waals surface area contributed by atoms with E-state index < -0.39 is 0 Å². The van der Waals surface area contributed by atoms with E-state index in [2.05, 4.69) is 24.3 Å². The molecule has 2 aromatic rings. The summed E-state index contributed by atoms with van der Waals surface area (Å²) < 4.78 is 10.8. The fourth-order valence-electron chi connectivity index (χ4n) is 7.04. The Kier molecular flexibility index (Phi) is 4.49. The van der Waals surface area contributed by atoms with Gasteiger partial charge in [0.15, 0.2) is 0 Å². The Morgan fingerprint density at radius 3 is 1.37 bits per heavy atom. The molecule has 5 rings (SSSR count). The lowest BCUT2D eigenvalue weighted by Crippen LogP contribution is -2.76. The van der Waals surface area contributed by atoms with Crippen molar-refractivity contribution in [2.75, 3.05) is 14.2 Å². The summed E-state index contributed by atoms with van der Waals surface area (Å²) in [6.45, 7) is 0. The number of hydrogen-bond donors (Lipinski definition) is 0. The Balaban J connectivity index is 1.74. The van der Waals surface area contributed by atoms with E-state index in [0.29, 0.717) is 12.8 Å². The highest BCUT2D eigenvalue weighted by Gasteiger charge is 2.76. The van der Waals surface area contributed by atoms with Crippen LogP contribution in [0.15, 0.2) is 48.5 Å². The second kappa shape index (κ2) is 6.97. The Labute approximate surface area is 177 Å². The largest absolute Gasteiger partial charge is 0.497 e. The van der Waals surface area contributed by atoms with Crippen molar-refractivity contribution >= 4 is 11.6 Å². The van der Waals surface area contributed by atoms with E-state index >= 15 is 0 Å². The summed E-state index contributed by atoms with van der Waals surface area (Å²) in [6, 6.07) is 16.4. The molecule has 3 aliphatic carbocycles. The Bertz CT molecular complexity index is 896. The van der Waals surface area contributed by atoms with Crippen LogP contribution in [0.1, 0.15) is 49.7 Å². The first-order valence-corrected chi connectivity index (χ1v) is 10.9. The lowest BCUT2D eigenvalue weighted by Gasteiger charge is -2.72. The Morgan fingerprint density at radius 1 is 0.667 bits per heavy atom. The minimum absolute atomic E-state index is 0.213. The van der Waals surface area contributed by atoms with Crippen molar-refractivity contribution in [1.29, 1.82) is 0 Å². The first-order valence-electron chi connectivity index (χ1n) is 10.9. The maximum atomic E-state index is 13.2. The van der Waals surface area contributed by atoms with Crippen LogP contribution in [-0.4, -0.2) is 25.8 Å². The summed E-state index contributed by atoms with van der Waals surface area (Å²) in [7, 11) is 3.33. The number of Topliss-reactive ketones (excluding diaryl/α,β-unsaturated/α-hetero) is 2. The van der Waals surface area contributed by atoms with Crippen LogP contribution in [0.3, 0.4) is 0 Å². The SMILES string of the molecule is COc1ccc([C@@]23CCCC(=O)[C@H]2[C@H]2C(=O)CCC[C@@]23c2ccc(OC)cc2)cc1. The van der Waals surface area contributed by atoms with Gasteiger partial charge >= 0.3 is 0 Å². The van der Waals surface area contributed by atoms with Crippen LogP contribution in [0.4, 0.5) is 0 Å². The number of rotatable bonds is 4. The topological polar surface area (TPSA) is 52.6 Å². The van der Waals surface area contributed by atoms with Crippen LogP contribution in [-0.2, 0) is 20.4 Å². The molecule has 0 aliphatic heterocycles. The molecule has 3 aliphatic rings. The number of methoxy groups -OCH3 is 2. The van der Waals surface area contributed by atoms with E-state index in [1.165, 1.54) is 11.1 Å². The summed E-state index contributed by atoms with van der Waals surface area (Å²) in [5, 5.41) is 0. The summed E-state index contributed by atoms with van der Waals surface area (Å²) in [5.74, 6) is 1.72. The van der Waals surface area contributed by atoms with Crippen molar-refractivity contribution < 1.29 is 19.1 Å². The van der Waals surface area contributed by atoms with Gasteiger partial charge in [-0.1, -0.05) is 24.3 Å². The maximum absolute atomic E-state index is 13.2. The summed E-state index contributed by atoms with van der Waals surface area (Å²) >= 11 is 0. The molecule has 3 fully saturated rings. The molecule has 0 N–H and O–H groups in total. The zero-order valence-electron chi connectivity index (χ0n) is 17.6. The predicted molar refractivity (Wildman–Crippen MR) is 114 cm³/mol. The quantitative estimate of drug-likeness (QED) is 0.745. The van der Waals surface area contributed by atoms with Crippen LogP contribution < -0.4 is 9.47 Å². The molecule has 0 radical (unpaired) electrons. The van der Waals surface area contributed by atoms with E-state index in [-0.39, 0.29) is 34.2 Å². The summed E-state index contributed by atoms with van der Waals surface area (Å²) in [6.07, 6.45) is 4.80. The van der Waals surface area contributed by atoms with Gasteiger partial charge < -0.3 is 9.47 Å². The van der Waals surface area contributed by atoms with Crippen molar-refractivity contribution in [3.8, 4) is 11.5 Å². The van der Waals surface area contributed by atoms with Gasteiger partial charge in [-0.3, -0.25) is 9.59 Å². The van der Waals surface area contributed by atoms with Gasteiger partial charge in [0.2, 0.25) is 0 Å².